The van der Waals surface area contributed by atoms with Crippen LogP contribution in [0.4, 0.5) is 0 Å². The molecular weight excluding hydrogens is 283 g/mol. The number of benzene rings is 1. The summed E-state index contributed by atoms with van der Waals surface area (Å²) >= 11 is 20.0. The molecule has 1 atom stereocenters. The molecule has 84 valence electrons. The lowest BCUT2D eigenvalue weighted by molar-refractivity contribution is 0.925. The van der Waals surface area contributed by atoms with E-state index in [9.17, 15) is 0 Å². The molecule has 0 N–H and O–H groups in total. The lowest BCUT2D eigenvalue weighted by atomic mass is 10.1. The number of hydrogen-bond acceptors (Lipinski definition) is 1. The predicted octanol–water partition coefficient (Wildman–Crippen LogP) is 5.58. The van der Waals surface area contributed by atoms with Crippen LogP contribution < -0.4 is 0 Å². The second-order valence-electron chi connectivity index (χ2n) is 3.47. The number of alkyl halides is 1. The Balaban J connectivity index is 2.20. The number of halogens is 3. The first-order valence-corrected chi connectivity index (χ1v) is 6.90. The van der Waals surface area contributed by atoms with Crippen LogP contribution in [0.3, 0.4) is 0 Å². The summed E-state index contributed by atoms with van der Waals surface area (Å²) in [6.45, 7) is 0. The minimum absolute atomic E-state index is 0.138. The zero-order valence-corrected chi connectivity index (χ0v) is 11.4. The molecule has 0 bridgehead atoms. The van der Waals surface area contributed by atoms with Crippen LogP contribution in [0.1, 0.15) is 16.5 Å². The molecule has 2 rings (SSSR count). The first kappa shape index (κ1) is 12.3. The van der Waals surface area contributed by atoms with E-state index in [1.807, 2.05) is 11.4 Å². The minimum atomic E-state index is -0.138. The summed E-state index contributed by atoms with van der Waals surface area (Å²) in [5.74, 6) is 0. The summed E-state index contributed by atoms with van der Waals surface area (Å²) in [4.78, 5) is 0. The van der Waals surface area contributed by atoms with Crippen molar-refractivity contribution in [3.63, 3.8) is 0 Å². The van der Waals surface area contributed by atoms with Crippen molar-refractivity contribution in [2.24, 2.45) is 0 Å². The lowest BCUT2D eigenvalue weighted by Gasteiger charge is -2.11. The minimum Gasteiger partial charge on any atom is -0.152 e. The van der Waals surface area contributed by atoms with Crippen molar-refractivity contribution in [3.8, 4) is 0 Å². The molecule has 4 heteroatoms. The number of rotatable bonds is 3. The molecule has 0 aliphatic rings. The summed E-state index contributed by atoms with van der Waals surface area (Å²) in [6.07, 6.45) is 0.769. The normalized spacial score (nSPS) is 12.7. The Morgan fingerprint density at radius 1 is 1.19 bits per heavy atom. The molecule has 1 heterocycles. The van der Waals surface area contributed by atoms with Crippen molar-refractivity contribution in [2.75, 3.05) is 0 Å². The van der Waals surface area contributed by atoms with Crippen LogP contribution >= 0.6 is 46.1 Å². The van der Waals surface area contributed by atoms with Gasteiger partial charge < -0.3 is 0 Å². The van der Waals surface area contributed by atoms with Crippen molar-refractivity contribution in [2.45, 2.75) is 11.8 Å². The zero-order valence-electron chi connectivity index (χ0n) is 8.29. The summed E-state index contributed by atoms with van der Waals surface area (Å²) < 4.78 is 0. The van der Waals surface area contributed by atoms with Gasteiger partial charge in [0.25, 0.3) is 0 Å². The van der Waals surface area contributed by atoms with E-state index in [0.29, 0.717) is 10.0 Å². The Morgan fingerprint density at radius 3 is 2.69 bits per heavy atom. The fraction of sp³-hybridized carbons (Fsp3) is 0.167. The Morgan fingerprint density at radius 2 is 2.00 bits per heavy atom. The highest BCUT2D eigenvalue weighted by Crippen LogP contribution is 2.33. The van der Waals surface area contributed by atoms with Gasteiger partial charge in [0.05, 0.1) is 5.38 Å². The standard InChI is InChI=1S/C12H9Cl3S/c13-9-1-2-11(14)10(6-9)12(15)5-8-3-4-16-7-8/h1-4,6-7,12H,5H2. The van der Waals surface area contributed by atoms with Gasteiger partial charge in [0.2, 0.25) is 0 Å². The average molecular weight is 292 g/mol. The van der Waals surface area contributed by atoms with E-state index >= 15 is 0 Å². The number of thiophene rings is 1. The zero-order chi connectivity index (χ0) is 11.5. The van der Waals surface area contributed by atoms with Crippen molar-refractivity contribution < 1.29 is 0 Å². The third-order valence-electron chi connectivity index (χ3n) is 2.29. The smallest absolute Gasteiger partial charge is 0.0640 e. The van der Waals surface area contributed by atoms with Crippen LogP contribution in [0, 0.1) is 0 Å². The van der Waals surface area contributed by atoms with Gasteiger partial charge in [-0.05, 0) is 52.6 Å². The topological polar surface area (TPSA) is 0 Å². The van der Waals surface area contributed by atoms with E-state index in [0.717, 1.165) is 12.0 Å². The van der Waals surface area contributed by atoms with Gasteiger partial charge in [0.1, 0.15) is 0 Å². The fourth-order valence-corrected chi connectivity index (χ4v) is 3.01. The Hall–Kier alpha value is -0.210. The SMILES string of the molecule is Clc1ccc(Cl)c(C(Cl)Cc2ccsc2)c1. The largest absolute Gasteiger partial charge is 0.152 e. The molecule has 2 aromatic rings. The van der Waals surface area contributed by atoms with Crippen molar-refractivity contribution in [1.82, 2.24) is 0 Å². The summed E-state index contributed by atoms with van der Waals surface area (Å²) in [6, 6.07) is 7.44. The van der Waals surface area contributed by atoms with Gasteiger partial charge >= 0.3 is 0 Å². The van der Waals surface area contributed by atoms with Crippen LogP contribution in [0.2, 0.25) is 10.0 Å². The average Bonchev–Trinajstić information content (AvgIpc) is 2.74. The van der Waals surface area contributed by atoms with Crippen molar-refractivity contribution in [3.05, 3.63) is 56.2 Å². The van der Waals surface area contributed by atoms with Gasteiger partial charge in [-0.25, -0.2) is 0 Å². The van der Waals surface area contributed by atoms with Gasteiger partial charge in [-0.2, -0.15) is 11.3 Å². The molecular formula is C12H9Cl3S. The first-order valence-electron chi connectivity index (χ1n) is 4.77. The summed E-state index contributed by atoms with van der Waals surface area (Å²) in [5.41, 5.74) is 2.11. The van der Waals surface area contributed by atoms with Gasteiger partial charge in [-0.3, -0.25) is 0 Å². The molecule has 0 amide bonds. The summed E-state index contributed by atoms with van der Waals surface area (Å²) in [5, 5.41) is 5.32. The molecule has 0 aliphatic carbocycles. The molecule has 0 radical (unpaired) electrons. The molecule has 0 fully saturated rings. The molecule has 0 saturated carbocycles. The van der Waals surface area contributed by atoms with E-state index < -0.39 is 0 Å². The lowest BCUT2D eigenvalue weighted by Crippen LogP contribution is -1.95. The van der Waals surface area contributed by atoms with E-state index in [1.165, 1.54) is 5.56 Å². The van der Waals surface area contributed by atoms with E-state index in [4.69, 9.17) is 34.8 Å². The molecule has 1 aromatic carbocycles. The van der Waals surface area contributed by atoms with Crippen LogP contribution in [0.25, 0.3) is 0 Å². The number of hydrogen-bond donors (Lipinski definition) is 0. The Kier molecular flexibility index (Phi) is 4.15. The molecule has 16 heavy (non-hydrogen) atoms. The highest BCUT2D eigenvalue weighted by atomic mass is 35.5. The maximum Gasteiger partial charge on any atom is 0.0640 e. The second kappa shape index (κ2) is 5.42. The predicted molar refractivity (Wildman–Crippen MR) is 73.1 cm³/mol. The summed E-state index contributed by atoms with van der Waals surface area (Å²) in [7, 11) is 0. The highest BCUT2D eigenvalue weighted by Gasteiger charge is 2.13. The van der Waals surface area contributed by atoms with Gasteiger partial charge in [-0.1, -0.05) is 23.2 Å². The fourth-order valence-electron chi connectivity index (χ4n) is 1.48. The Labute approximate surface area is 114 Å². The second-order valence-corrected chi connectivity index (χ2v) is 5.62. The van der Waals surface area contributed by atoms with Crippen LogP contribution in [0.15, 0.2) is 35.0 Å². The van der Waals surface area contributed by atoms with Crippen molar-refractivity contribution >= 4 is 46.1 Å². The van der Waals surface area contributed by atoms with Gasteiger partial charge in [0.15, 0.2) is 0 Å². The molecule has 0 aliphatic heterocycles. The van der Waals surface area contributed by atoms with Crippen LogP contribution in [-0.4, -0.2) is 0 Å². The van der Waals surface area contributed by atoms with E-state index in [-0.39, 0.29) is 5.38 Å². The van der Waals surface area contributed by atoms with Gasteiger partial charge in [0, 0.05) is 10.0 Å². The highest BCUT2D eigenvalue weighted by molar-refractivity contribution is 7.07. The molecule has 1 aromatic heterocycles. The Bertz CT molecular complexity index is 465. The first-order chi connectivity index (χ1) is 7.66. The van der Waals surface area contributed by atoms with Crippen LogP contribution in [0.5, 0.6) is 0 Å². The van der Waals surface area contributed by atoms with Crippen LogP contribution in [-0.2, 0) is 6.42 Å². The van der Waals surface area contributed by atoms with Crippen molar-refractivity contribution in [1.29, 1.82) is 0 Å². The van der Waals surface area contributed by atoms with E-state index in [1.54, 1.807) is 23.5 Å². The third kappa shape index (κ3) is 2.92. The molecule has 1 unspecified atom stereocenters. The van der Waals surface area contributed by atoms with E-state index in [2.05, 4.69) is 11.4 Å². The monoisotopic (exact) mass is 290 g/mol. The third-order valence-corrected chi connectivity index (χ3v) is 3.99. The quantitative estimate of drug-likeness (QED) is 0.648. The molecule has 0 saturated heterocycles. The molecule has 0 spiro atoms. The van der Waals surface area contributed by atoms with Gasteiger partial charge in [-0.15, -0.1) is 11.6 Å². The maximum absolute atomic E-state index is 6.34. The maximum atomic E-state index is 6.34. The molecule has 0 nitrogen and oxygen atoms in total.